The lowest BCUT2D eigenvalue weighted by atomic mass is 10.3. The standard InChI is InChI=1S/C16H19Cl2N3O3/c1-23-9-7-21-11-12(10-19-21)20-15(22)6-3-8-24-14-5-2-4-13(17)16(14)18/h2,4-5,10-11H,3,6-9H2,1H3,(H,20,22). The minimum absolute atomic E-state index is 0.0953. The number of carbonyl (C=O) groups excluding carboxylic acids is 1. The van der Waals surface area contributed by atoms with E-state index in [0.29, 0.717) is 54.1 Å². The lowest BCUT2D eigenvalue weighted by Gasteiger charge is -2.08. The number of methoxy groups -OCH3 is 1. The molecule has 0 aliphatic heterocycles. The summed E-state index contributed by atoms with van der Waals surface area (Å²) in [6.07, 6.45) is 4.27. The van der Waals surface area contributed by atoms with E-state index < -0.39 is 0 Å². The van der Waals surface area contributed by atoms with Crippen LogP contribution in [0.3, 0.4) is 0 Å². The van der Waals surface area contributed by atoms with E-state index in [1.165, 1.54) is 0 Å². The van der Waals surface area contributed by atoms with Gasteiger partial charge >= 0.3 is 0 Å². The molecular formula is C16H19Cl2N3O3. The molecule has 0 saturated carbocycles. The second-order valence-corrected chi connectivity index (χ2v) is 5.82. The molecule has 0 unspecified atom stereocenters. The van der Waals surface area contributed by atoms with Crippen molar-refractivity contribution in [1.29, 1.82) is 0 Å². The molecule has 6 nitrogen and oxygen atoms in total. The Hall–Kier alpha value is -1.76. The number of benzene rings is 1. The highest BCUT2D eigenvalue weighted by atomic mass is 35.5. The summed E-state index contributed by atoms with van der Waals surface area (Å²) in [5, 5.41) is 7.75. The summed E-state index contributed by atoms with van der Waals surface area (Å²) in [6, 6.07) is 5.19. The highest BCUT2D eigenvalue weighted by Crippen LogP contribution is 2.31. The van der Waals surface area contributed by atoms with Gasteiger partial charge in [-0.15, -0.1) is 0 Å². The number of halogens is 2. The number of hydrogen-bond donors (Lipinski definition) is 1. The van der Waals surface area contributed by atoms with Crippen LogP contribution in [0, 0.1) is 0 Å². The summed E-state index contributed by atoms with van der Waals surface area (Å²) in [5.74, 6) is 0.422. The number of rotatable bonds is 9. The number of nitrogens with zero attached hydrogens (tertiary/aromatic N) is 2. The average molecular weight is 372 g/mol. The second kappa shape index (κ2) is 9.52. The summed E-state index contributed by atoms with van der Waals surface area (Å²) in [7, 11) is 1.63. The van der Waals surface area contributed by atoms with Gasteiger partial charge in [-0.1, -0.05) is 29.3 Å². The third-order valence-electron chi connectivity index (χ3n) is 3.16. The fourth-order valence-electron chi connectivity index (χ4n) is 1.97. The number of anilines is 1. The minimum atomic E-state index is -0.0953. The lowest BCUT2D eigenvalue weighted by Crippen LogP contribution is -2.12. The van der Waals surface area contributed by atoms with Crippen molar-refractivity contribution in [2.45, 2.75) is 19.4 Å². The van der Waals surface area contributed by atoms with Crippen LogP contribution in [-0.2, 0) is 16.1 Å². The van der Waals surface area contributed by atoms with E-state index >= 15 is 0 Å². The highest BCUT2D eigenvalue weighted by molar-refractivity contribution is 6.42. The van der Waals surface area contributed by atoms with Crippen molar-refractivity contribution in [2.24, 2.45) is 0 Å². The van der Waals surface area contributed by atoms with Gasteiger partial charge in [0.25, 0.3) is 0 Å². The Kier molecular flexibility index (Phi) is 7.36. The maximum Gasteiger partial charge on any atom is 0.224 e. The van der Waals surface area contributed by atoms with Gasteiger partial charge in [-0.3, -0.25) is 9.48 Å². The zero-order chi connectivity index (χ0) is 17.4. The molecular weight excluding hydrogens is 353 g/mol. The zero-order valence-corrected chi connectivity index (χ0v) is 14.8. The van der Waals surface area contributed by atoms with Crippen LogP contribution in [0.2, 0.25) is 10.0 Å². The van der Waals surface area contributed by atoms with Crippen molar-refractivity contribution in [2.75, 3.05) is 25.6 Å². The molecule has 1 aromatic carbocycles. The Balaban J connectivity index is 1.69. The van der Waals surface area contributed by atoms with Crippen LogP contribution < -0.4 is 10.1 Å². The van der Waals surface area contributed by atoms with E-state index in [0.717, 1.165) is 0 Å². The monoisotopic (exact) mass is 371 g/mol. The largest absolute Gasteiger partial charge is 0.492 e. The second-order valence-electron chi connectivity index (χ2n) is 5.04. The summed E-state index contributed by atoms with van der Waals surface area (Å²) in [4.78, 5) is 11.9. The molecule has 2 aromatic rings. The molecule has 0 bridgehead atoms. The maximum absolute atomic E-state index is 11.9. The molecule has 1 amide bonds. The van der Waals surface area contributed by atoms with Gasteiger partial charge in [-0.05, 0) is 18.6 Å². The van der Waals surface area contributed by atoms with E-state index in [9.17, 15) is 4.79 Å². The van der Waals surface area contributed by atoms with E-state index in [2.05, 4.69) is 10.4 Å². The molecule has 0 fully saturated rings. The molecule has 8 heteroatoms. The van der Waals surface area contributed by atoms with Crippen LogP contribution in [0.4, 0.5) is 5.69 Å². The van der Waals surface area contributed by atoms with E-state index in [-0.39, 0.29) is 5.91 Å². The molecule has 0 spiro atoms. The Morgan fingerprint density at radius 3 is 2.96 bits per heavy atom. The first-order valence-electron chi connectivity index (χ1n) is 7.48. The Morgan fingerprint density at radius 2 is 2.17 bits per heavy atom. The Bertz CT molecular complexity index is 676. The van der Waals surface area contributed by atoms with Gasteiger partial charge in [0, 0.05) is 19.7 Å². The first-order valence-corrected chi connectivity index (χ1v) is 8.24. The quantitative estimate of drug-likeness (QED) is 0.683. The number of amides is 1. The molecule has 0 aliphatic rings. The number of hydrogen-bond acceptors (Lipinski definition) is 4. The van der Waals surface area contributed by atoms with Gasteiger partial charge in [-0.25, -0.2) is 0 Å². The van der Waals surface area contributed by atoms with Crippen molar-refractivity contribution in [3.8, 4) is 5.75 Å². The third-order valence-corrected chi connectivity index (χ3v) is 3.96. The first kappa shape index (κ1) is 18.6. The van der Waals surface area contributed by atoms with Gasteiger partial charge in [0.2, 0.25) is 5.91 Å². The van der Waals surface area contributed by atoms with E-state index in [1.54, 1.807) is 42.4 Å². The zero-order valence-electron chi connectivity index (χ0n) is 13.3. The summed E-state index contributed by atoms with van der Waals surface area (Å²) in [5.41, 5.74) is 0.662. The predicted molar refractivity (Wildman–Crippen MR) is 93.9 cm³/mol. The minimum Gasteiger partial charge on any atom is -0.492 e. The Labute approximate surface area is 150 Å². The molecule has 0 saturated heterocycles. The molecule has 1 aromatic heterocycles. The van der Waals surface area contributed by atoms with Gasteiger partial charge in [0.1, 0.15) is 10.8 Å². The number of nitrogens with one attached hydrogen (secondary N) is 1. The lowest BCUT2D eigenvalue weighted by molar-refractivity contribution is -0.116. The van der Waals surface area contributed by atoms with Gasteiger partial charge in [-0.2, -0.15) is 5.10 Å². The van der Waals surface area contributed by atoms with Crippen LogP contribution in [-0.4, -0.2) is 36.0 Å². The fraction of sp³-hybridized carbons (Fsp3) is 0.375. The summed E-state index contributed by atoms with van der Waals surface area (Å²) < 4.78 is 12.2. The molecule has 2 rings (SSSR count). The fourth-order valence-corrected chi connectivity index (χ4v) is 2.32. The smallest absolute Gasteiger partial charge is 0.224 e. The van der Waals surface area contributed by atoms with Gasteiger partial charge < -0.3 is 14.8 Å². The topological polar surface area (TPSA) is 65.4 Å². The molecule has 1 heterocycles. The van der Waals surface area contributed by atoms with E-state index in [1.807, 2.05) is 0 Å². The third kappa shape index (κ3) is 5.70. The van der Waals surface area contributed by atoms with Gasteiger partial charge in [0.15, 0.2) is 0 Å². The number of ether oxygens (including phenoxy) is 2. The maximum atomic E-state index is 11.9. The van der Waals surface area contributed by atoms with E-state index in [4.69, 9.17) is 32.7 Å². The number of aromatic nitrogens is 2. The van der Waals surface area contributed by atoms with Crippen molar-refractivity contribution < 1.29 is 14.3 Å². The van der Waals surface area contributed by atoms with Crippen molar-refractivity contribution in [3.05, 3.63) is 40.6 Å². The summed E-state index contributed by atoms with van der Waals surface area (Å²) in [6.45, 7) is 1.58. The van der Waals surface area contributed by atoms with Crippen molar-refractivity contribution >= 4 is 34.8 Å². The van der Waals surface area contributed by atoms with Crippen LogP contribution >= 0.6 is 23.2 Å². The van der Waals surface area contributed by atoms with Crippen LogP contribution in [0.25, 0.3) is 0 Å². The average Bonchev–Trinajstić information content (AvgIpc) is 3.00. The van der Waals surface area contributed by atoms with Gasteiger partial charge in [0.05, 0.1) is 36.7 Å². The SMILES string of the molecule is COCCn1cc(NC(=O)CCCOc2cccc(Cl)c2Cl)cn1. The molecule has 1 N–H and O–H groups in total. The molecule has 130 valence electrons. The molecule has 24 heavy (non-hydrogen) atoms. The molecule has 0 aliphatic carbocycles. The van der Waals surface area contributed by atoms with Crippen LogP contribution in [0.1, 0.15) is 12.8 Å². The van der Waals surface area contributed by atoms with Crippen molar-refractivity contribution in [3.63, 3.8) is 0 Å². The van der Waals surface area contributed by atoms with Crippen LogP contribution in [0.15, 0.2) is 30.6 Å². The Morgan fingerprint density at radius 1 is 1.33 bits per heavy atom. The first-order chi connectivity index (χ1) is 11.6. The summed E-state index contributed by atoms with van der Waals surface area (Å²) >= 11 is 11.9. The molecule has 0 radical (unpaired) electrons. The van der Waals surface area contributed by atoms with Crippen molar-refractivity contribution in [1.82, 2.24) is 9.78 Å². The highest BCUT2D eigenvalue weighted by Gasteiger charge is 2.07. The molecule has 0 atom stereocenters. The number of carbonyl (C=O) groups is 1. The van der Waals surface area contributed by atoms with Crippen LogP contribution in [0.5, 0.6) is 5.75 Å². The predicted octanol–water partition coefficient (Wildman–Crippen LogP) is 3.63. The normalized spacial score (nSPS) is 10.6.